The number of allylic oxidation sites excluding steroid dienone is 4. The summed E-state index contributed by atoms with van der Waals surface area (Å²) in [7, 11) is 0. The third-order valence-corrected chi connectivity index (χ3v) is 11.4. The van der Waals surface area contributed by atoms with Crippen LogP contribution >= 0.6 is 0 Å². The average molecular weight is 732 g/mol. The van der Waals surface area contributed by atoms with Gasteiger partial charge in [0.15, 0.2) is 0 Å². The normalized spacial score (nSPS) is 15.0. The quantitative estimate of drug-likeness (QED) is 0.155. The zero-order valence-corrected chi connectivity index (χ0v) is 31.8. The van der Waals surface area contributed by atoms with Crippen LogP contribution in [0.15, 0.2) is 223 Å². The standard InChI is InChI=1S/C55H41NO/c1-38-14-11-12-21-49(38)50-22-13-23-51-53-37-45(36-52(55(53)57-54(50)51)44-19-9-4-10-20-44)43-28-34-48(35-29-43)56(46-30-24-41(25-31-46)39-15-5-2-6-16-39)47-32-26-42(27-33-47)40-17-7-3-8-18-40/h2-38,49H,1H3. The summed E-state index contributed by atoms with van der Waals surface area (Å²) in [6, 6.07) is 69.7. The molecule has 8 aromatic carbocycles. The van der Waals surface area contributed by atoms with E-state index in [0.29, 0.717) is 5.92 Å². The van der Waals surface area contributed by atoms with Crippen molar-refractivity contribution in [2.24, 2.45) is 5.92 Å². The second-order valence-corrected chi connectivity index (χ2v) is 15.0. The van der Waals surface area contributed by atoms with Gasteiger partial charge in [0.2, 0.25) is 0 Å². The van der Waals surface area contributed by atoms with Crippen LogP contribution in [0.25, 0.3) is 66.4 Å². The Kier molecular flexibility index (Phi) is 8.93. The van der Waals surface area contributed by atoms with Crippen molar-refractivity contribution < 1.29 is 4.42 Å². The van der Waals surface area contributed by atoms with Gasteiger partial charge in [0, 0.05) is 44.9 Å². The molecule has 0 amide bonds. The molecular formula is C55H41NO. The maximum Gasteiger partial charge on any atom is 0.143 e. The van der Waals surface area contributed by atoms with Gasteiger partial charge in [-0.15, -0.1) is 0 Å². The highest BCUT2D eigenvalue weighted by atomic mass is 16.3. The minimum Gasteiger partial charge on any atom is -0.455 e. The summed E-state index contributed by atoms with van der Waals surface area (Å²) >= 11 is 0. The van der Waals surface area contributed by atoms with Crippen molar-refractivity contribution >= 4 is 39.0 Å². The lowest BCUT2D eigenvalue weighted by Gasteiger charge is -2.26. The minimum absolute atomic E-state index is 0.262. The maximum atomic E-state index is 6.92. The fraction of sp³-hybridized carbons (Fsp3) is 0.0545. The number of furan rings is 1. The Bertz CT molecular complexity index is 2790. The van der Waals surface area contributed by atoms with Gasteiger partial charge >= 0.3 is 0 Å². The number of anilines is 3. The molecule has 1 aromatic heterocycles. The Labute approximate surface area is 334 Å². The summed E-state index contributed by atoms with van der Waals surface area (Å²) in [5.41, 5.74) is 15.8. The molecule has 272 valence electrons. The predicted molar refractivity (Wildman–Crippen MR) is 240 cm³/mol. The molecule has 10 rings (SSSR count). The van der Waals surface area contributed by atoms with Crippen LogP contribution in [0.3, 0.4) is 0 Å². The molecule has 0 bridgehead atoms. The lowest BCUT2D eigenvalue weighted by molar-refractivity contribution is 0.612. The summed E-state index contributed by atoms with van der Waals surface area (Å²) in [6.07, 6.45) is 8.89. The fourth-order valence-corrected chi connectivity index (χ4v) is 8.41. The number of hydrogen-bond donors (Lipinski definition) is 0. The van der Waals surface area contributed by atoms with E-state index >= 15 is 0 Å². The van der Waals surface area contributed by atoms with Crippen LogP contribution in [0.5, 0.6) is 0 Å². The highest BCUT2D eigenvalue weighted by molar-refractivity contribution is 6.12. The molecule has 2 unspecified atom stereocenters. The predicted octanol–water partition coefficient (Wildman–Crippen LogP) is 15.6. The van der Waals surface area contributed by atoms with Gasteiger partial charge in [-0.1, -0.05) is 177 Å². The summed E-state index contributed by atoms with van der Waals surface area (Å²) in [4.78, 5) is 2.34. The third kappa shape index (κ3) is 6.56. The molecule has 2 heteroatoms. The number of rotatable bonds is 8. The molecular weight excluding hydrogens is 691 g/mol. The Hall–Kier alpha value is -7.16. The first-order valence-electron chi connectivity index (χ1n) is 19.8. The first-order chi connectivity index (χ1) is 28.2. The van der Waals surface area contributed by atoms with Crippen molar-refractivity contribution in [3.63, 3.8) is 0 Å². The number of benzene rings is 8. The van der Waals surface area contributed by atoms with Crippen molar-refractivity contribution in [1.82, 2.24) is 0 Å². The minimum atomic E-state index is 0.262. The van der Waals surface area contributed by atoms with E-state index < -0.39 is 0 Å². The fourth-order valence-electron chi connectivity index (χ4n) is 8.41. The van der Waals surface area contributed by atoms with E-state index in [1.54, 1.807) is 0 Å². The molecule has 0 radical (unpaired) electrons. The number of nitrogens with zero attached hydrogens (tertiary/aromatic N) is 1. The van der Waals surface area contributed by atoms with Crippen molar-refractivity contribution in [2.45, 2.75) is 12.8 Å². The van der Waals surface area contributed by atoms with E-state index in [0.717, 1.165) is 61.3 Å². The smallest absolute Gasteiger partial charge is 0.143 e. The van der Waals surface area contributed by atoms with Crippen molar-refractivity contribution in [1.29, 1.82) is 0 Å². The molecule has 0 saturated carbocycles. The van der Waals surface area contributed by atoms with Gasteiger partial charge in [0.25, 0.3) is 0 Å². The van der Waals surface area contributed by atoms with Crippen LogP contribution in [0.4, 0.5) is 17.1 Å². The number of hydrogen-bond acceptors (Lipinski definition) is 2. The van der Waals surface area contributed by atoms with Gasteiger partial charge in [-0.2, -0.15) is 0 Å². The van der Waals surface area contributed by atoms with Crippen molar-refractivity contribution in [2.75, 3.05) is 4.90 Å². The molecule has 1 aliphatic rings. The molecule has 57 heavy (non-hydrogen) atoms. The molecule has 2 nitrogen and oxygen atoms in total. The zero-order valence-electron chi connectivity index (χ0n) is 31.8. The zero-order chi connectivity index (χ0) is 38.1. The number of para-hydroxylation sites is 1. The van der Waals surface area contributed by atoms with Gasteiger partial charge < -0.3 is 9.32 Å². The lowest BCUT2D eigenvalue weighted by Crippen LogP contribution is -2.09. The highest BCUT2D eigenvalue weighted by Gasteiger charge is 2.23. The van der Waals surface area contributed by atoms with Crippen molar-refractivity contribution in [3.8, 4) is 44.5 Å². The SMILES string of the molecule is CC1C=CC=CC1c1cccc2c1oc1c(-c3ccccc3)cc(-c3ccc(N(c4ccc(-c5ccccc5)cc4)c4ccc(-c5ccccc5)cc4)cc3)cc12. The van der Waals surface area contributed by atoms with Crippen LogP contribution in [-0.4, -0.2) is 0 Å². The van der Waals surface area contributed by atoms with Crippen LogP contribution in [-0.2, 0) is 0 Å². The average Bonchev–Trinajstić information content (AvgIpc) is 3.67. The van der Waals surface area contributed by atoms with E-state index in [-0.39, 0.29) is 5.92 Å². The summed E-state index contributed by atoms with van der Waals surface area (Å²) in [6.45, 7) is 2.28. The van der Waals surface area contributed by atoms with E-state index in [1.165, 1.54) is 27.8 Å². The molecule has 1 aliphatic carbocycles. The molecule has 0 N–H and O–H groups in total. The first kappa shape index (κ1) is 34.3. The maximum absolute atomic E-state index is 6.92. The van der Waals surface area contributed by atoms with Crippen LogP contribution < -0.4 is 4.90 Å². The Morgan fingerprint density at radius 3 is 1.39 bits per heavy atom. The van der Waals surface area contributed by atoms with Crippen LogP contribution in [0.2, 0.25) is 0 Å². The monoisotopic (exact) mass is 731 g/mol. The van der Waals surface area contributed by atoms with E-state index in [1.807, 2.05) is 0 Å². The molecule has 1 heterocycles. The molecule has 9 aromatic rings. The number of fused-ring (bicyclic) bond motifs is 3. The second kappa shape index (κ2) is 14.8. The lowest BCUT2D eigenvalue weighted by atomic mass is 9.83. The van der Waals surface area contributed by atoms with Gasteiger partial charge in [-0.3, -0.25) is 0 Å². The van der Waals surface area contributed by atoms with Crippen LogP contribution in [0, 0.1) is 5.92 Å². The molecule has 0 fully saturated rings. The molecule has 0 spiro atoms. The second-order valence-electron chi connectivity index (χ2n) is 15.0. The summed E-state index contributed by atoms with van der Waals surface area (Å²) in [5.74, 6) is 0.651. The molecule has 2 atom stereocenters. The highest BCUT2D eigenvalue weighted by Crippen LogP contribution is 2.44. The summed E-state index contributed by atoms with van der Waals surface area (Å²) < 4.78 is 6.92. The first-order valence-corrected chi connectivity index (χ1v) is 19.8. The van der Waals surface area contributed by atoms with Gasteiger partial charge in [-0.05, 0) is 93.4 Å². The summed E-state index contributed by atoms with van der Waals surface area (Å²) in [5, 5.41) is 2.28. The van der Waals surface area contributed by atoms with Crippen LogP contribution in [0.1, 0.15) is 18.4 Å². The van der Waals surface area contributed by atoms with E-state index in [9.17, 15) is 0 Å². The van der Waals surface area contributed by atoms with E-state index in [2.05, 4.69) is 230 Å². The van der Waals surface area contributed by atoms with Gasteiger partial charge in [0.05, 0.1) is 0 Å². The molecule has 0 aliphatic heterocycles. The van der Waals surface area contributed by atoms with Crippen molar-refractivity contribution in [3.05, 3.63) is 224 Å². The van der Waals surface area contributed by atoms with Gasteiger partial charge in [-0.25, -0.2) is 0 Å². The Balaban J connectivity index is 1.07. The van der Waals surface area contributed by atoms with Gasteiger partial charge in [0.1, 0.15) is 11.2 Å². The topological polar surface area (TPSA) is 16.4 Å². The largest absolute Gasteiger partial charge is 0.455 e. The Morgan fingerprint density at radius 1 is 0.386 bits per heavy atom. The Morgan fingerprint density at radius 2 is 0.860 bits per heavy atom. The third-order valence-electron chi connectivity index (χ3n) is 11.4. The molecule has 0 saturated heterocycles. The van der Waals surface area contributed by atoms with E-state index in [4.69, 9.17) is 4.42 Å².